The molecule has 1 fully saturated rings. The molecule has 2 aliphatic heterocycles. The van der Waals surface area contributed by atoms with Crippen molar-refractivity contribution in [3.05, 3.63) is 21.9 Å². The molecule has 1 unspecified atom stereocenters. The summed E-state index contributed by atoms with van der Waals surface area (Å²) in [5.41, 5.74) is 1.25. The van der Waals surface area contributed by atoms with E-state index in [1.807, 2.05) is 4.90 Å². The number of thiophene rings is 1. The highest BCUT2D eigenvalue weighted by Crippen LogP contribution is 2.23. The van der Waals surface area contributed by atoms with E-state index >= 15 is 0 Å². The van der Waals surface area contributed by atoms with Gasteiger partial charge in [-0.3, -0.25) is 9.59 Å². The van der Waals surface area contributed by atoms with Crippen LogP contribution in [0.4, 0.5) is 0 Å². The van der Waals surface area contributed by atoms with Gasteiger partial charge >= 0.3 is 0 Å². The Balaban J connectivity index is 1.49. The Labute approximate surface area is 122 Å². The van der Waals surface area contributed by atoms with Crippen LogP contribution in [0, 0.1) is 0 Å². The minimum Gasteiger partial charge on any atom is -0.346 e. The number of carbonyl (C=O) groups is 2. The van der Waals surface area contributed by atoms with Gasteiger partial charge in [0.2, 0.25) is 11.8 Å². The van der Waals surface area contributed by atoms with Crippen LogP contribution in [0.25, 0.3) is 0 Å². The lowest BCUT2D eigenvalue weighted by molar-refractivity contribution is -0.134. The molecular weight excluding hydrogens is 274 g/mol. The zero-order valence-electron chi connectivity index (χ0n) is 11.4. The standard InChI is InChI=1S/C14H19N3O2S/c18-13(8-16-14(19)11-2-1-5-15-11)17-6-3-12-10(9-17)4-7-20-12/h4,7,11,15H,1-3,5-6,8-9H2,(H,16,19). The molecule has 0 radical (unpaired) electrons. The van der Waals surface area contributed by atoms with E-state index in [1.165, 1.54) is 10.4 Å². The molecule has 3 rings (SSSR count). The number of hydrogen-bond donors (Lipinski definition) is 2. The summed E-state index contributed by atoms with van der Waals surface area (Å²) in [6, 6.07) is 1.97. The summed E-state index contributed by atoms with van der Waals surface area (Å²) in [6.07, 6.45) is 2.82. The Morgan fingerprint density at radius 3 is 3.20 bits per heavy atom. The molecule has 0 aromatic carbocycles. The number of hydrogen-bond acceptors (Lipinski definition) is 4. The molecule has 1 saturated heterocycles. The smallest absolute Gasteiger partial charge is 0.242 e. The van der Waals surface area contributed by atoms with E-state index in [9.17, 15) is 9.59 Å². The average Bonchev–Trinajstić information content (AvgIpc) is 3.13. The third-order valence-electron chi connectivity index (χ3n) is 3.95. The molecular formula is C14H19N3O2S. The maximum atomic E-state index is 12.1. The molecule has 0 aliphatic carbocycles. The van der Waals surface area contributed by atoms with E-state index in [2.05, 4.69) is 22.1 Å². The largest absolute Gasteiger partial charge is 0.346 e. The molecule has 2 aliphatic rings. The second kappa shape index (κ2) is 5.93. The summed E-state index contributed by atoms with van der Waals surface area (Å²) in [7, 11) is 0. The lowest BCUT2D eigenvalue weighted by Gasteiger charge is -2.27. The average molecular weight is 293 g/mol. The van der Waals surface area contributed by atoms with Crippen LogP contribution in [-0.4, -0.2) is 42.4 Å². The van der Waals surface area contributed by atoms with E-state index in [4.69, 9.17) is 0 Å². The predicted molar refractivity (Wildman–Crippen MR) is 77.5 cm³/mol. The molecule has 1 aromatic rings. The van der Waals surface area contributed by atoms with E-state index < -0.39 is 0 Å². The number of fused-ring (bicyclic) bond motifs is 1. The van der Waals surface area contributed by atoms with Gasteiger partial charge in [-0.05, 0) is 42.8 Å². The van der Waals surface area contributed by atoms with Crippen LogP contribution in [0.15, 0.2) is 11.4 Å². The minimum absolute atomic E-state index is 0.00759. The van der Waals surface area contributed by atoms with Gasteiger partial charge in [-0.1, -0.05) is 0 Å². The molecule has 108 valence electrons. The summed E-state index contributed by atoms with van der Waals surface area (Å²) in [5.74, 6) is -0.0442. The number of rotatable bonds is 3. The van der Waals surface area contributed by atoms with Crippen molar-refractivity contribution in [2.75, 3.05) is 19.6 Å². The zero-order chi connectivity index (χ0) is 13.9. The predicted octanol–water partition coefficient (Wildman–Crippen LogP) is 0.501. The first-order valence-corrected chi connectivity index (χ1v) is 7.96. The molecule has 0 bridgehead atoms. The van der Waals surface area contributed by atoms with Gasteiger partial charge in [0.1, 0.15) is 0 Å². The topological polar surface area (TPSA) is 61.4 Å². The van der Waals surface area contributed by atoms with Gasteiger partial charge in [0.15, 0.2) is 0 Å². The molecule has 1 aromatic heterocycles. The molecule has 6 heteroatoms. The highest BCUT2D eigenvalue weighted by molar-refractivity contribution is 7.10. The first kappa shape index (κ1) is 13.6. The van der Waals surface area contributed by atoms with Crippen molar-refractivity contribution in [2.24, 2.45) is 0 Å². The van der Waals surface area contributed by atoms with Crippen molar-refractivity contribution >= 4 is 23.2 Å². The van der Waals surface area contributed by atoms with Crippen molar-refractivity contribution in [3.8, 4) is 0 Å². The second-order valence-electron chi connectivity index (χ2n) is 5.30. The minimum atomic E-state index is -0.118. The lowest BCUT2D eigenvalue weighted by Crippen LogP contribution is -2.46. The van der Waals surface area contributed by atoms with Crippen LogP contribution < -0.4 is 10.6 Å². The van der Waals surface area contributed by atoms with Gasteiger partial charge < -0.3 is 15.5 Å². The van der Waals surface area contributed by atoms with Crippen molar-refractivity contribution < 1.29 is 9.59 Å². The number of nitrogens with zero attached hydrogens (tertiary/aromatic N) is 1. The van der Waals surface area contributed by atoms with Crippen LogP contribution in [0.3, 0.4) is 0 Å². The van der Waals surface area contributed by atoms with Crippen LogP contribution in [-0.2, 0) is 22.6 Å². The molecule has 2 N–H and O–H groups in total. The molecule has 1 atom stereocenters. The molecule has 5 nitrogen and oxygen atoms in total. The Kier molecular flexibility index (Phi) is 4.03. The Morgan fingerprint density at radius 1 is 1.50 bits per heavy atom. The summed E-state index contributed by atoms with van der Waals surface area (Å²) in [5, 5.41) is 7.96. The third kappa shape index (κ3) is 2.86. The van der Waals surface area contributed by atoms with Crippen LogP contribution >= 0.6 is 11.3 Å². The van der Waals surface area contributed by atoms with Crippen LogP contribution in [0.1, 0.15) is 23.3 Å². The Hall–Kier alpha value is -1.40. The first-order valence-electron chi connectivity index (χ1n) is 7.08. The van der Waals surface area contributed by atoms with Crippen molar-refractivity contribution in [3.63, 3.8) is 0 Å². The Morgan fingerprint density at radius 2 is 2.40 bits per heavy atom. The Bertz CT molecular complexity index is 508. The number of nitrogens with one attached hydrogen (secondary N) is 2. The highest BCUT2D eigenvalue weighted by atomic mass is 32.1. The normalized spacial score (nSPS) is 21.6. The van der Waals surface area contributed by atoms with Crippen LogP contribution in [0.5, 0.6) is 0 Å². The van der Waals surface area contributed by atoms with Gasteiger partial charge in [-0.25, -0.2) is 0 Å². The summed E-state index contributed by atoms with van der Waals surface area (Å²) < 4.78 is 0. The fourth-order valence-corrected chi connectivity index (χ4v) is 3.66. The monoisotopic (exact) mass is 293 g/mol. The van der Waals surface area contributed by atoms with E-state index in [1.54, 1.807) is 11.3 Å². The molecule has 20 heavy (non-hydrogen) atoms. The highest BCUT2D eigenvalue weighted by Gasteiger charge is 2.24. The second-order valence-corrected chi connectivity index (χ2v) is 6.30. The van der Waals surface area contributed by atoms with Crippen molar-refractivity contribution in [2.45, 2.75) is 31.8 Å². The lowest BCUT2D eigenvalue weighted by atomic mass is 10.1. The fraction of sp³-hybridized carbons (Fsp3) is 0.571. The van der Waals surface area contributed by atoms with Gasteiger partial charge in [-0.2, -0.15) is 0 Å². The SMILES string of the molecule is O=C(NCC(=O)N1CCc2sccc2C1)C1CCCN1. The first-order chi connectivity index (χ1) is 9.74. The van der Waals surface area contributed by atoms with E-state index in [0.29, 0.717) is 6.54 Å². The van der Waals surface area contributed by atoms with Crippen molar-refractivity contribution in [1.82, 2.24) is 15.5 Å². The third-order valence-corrected chi connectivity index (χ3v) is 4.97. The maximum Gasteiger partial charge on any atom is 0.242 e. The number of carbonyl (C=O) groups excluding carboxylic acids is 2. The van der Waals surface area contributed by atoms with E-state index in [0.717, 1.165) is 32.4 Å². The maximum absolute atomic E-state index is 12.1. The zero-order valence-corrected chi connectivity index (χ0v) is 12.2. The molecule has 3 heterocycles. The van der Waals surface area contributed by atoms with E-state index in [-0.39, 0.29) is 24.4 Å². The molecule has 0 spiro atoms. The van der Waals surface area contributed by atoms with Gasteiger partial charge in [-0.15, -0.1) is 11.3 Å². The fourth-order valence-electron chi connectivity index (χ4n) is 2.77. The van der Waals surface area contributed by atoms with Gasteiger partial charge in [0.05, 0.1) is 12.6 Å². The molecule has 0 saturated carbocycles. The van der Waals surface area contributed by atoms with Gasteiger partial charge in [0.25, 0.3) is 0 Å². The van der Waals surface area contributed by atoms with Crippen LogP contribution in [0.2, 0.25) is 0 Å². The quantitative estimate of drug-likeness (QED) is 0.853. The summed E-state index contributed by atoms with van der Waals surface area (Å²) >= 11 is 1.76. The molecule has 2 amide bonds. The van der Waals surface area contributed by atoms with Gasteiger partial charge in [0, 0.05) is 18.0 Å². The summed E-state index contributed by atoms with van der Waals surface area (Å²) in [6.45, 7) is 2.43. The van der Waals surface area contributed by atoms with Crippen molar-refractivity contribution in [1.29, 1.82) is 0 Å². The summed E-state index contributed by atoms with van der Waals surface area (Å²) in [4.78, 5) is 27.2. The number of amides is 2.